The molecule has 0 saturated heterocycles. The van der Waals surface area contributed by atoms with Gasteiger partial charge in [0.25, 0.3) is 0 Å². The molecule has 0 radical (unpaired) electrons. The summed E-state index contributed by atoms with van der Waals surface area (Å²) >= 11 is 0. The van der Waals surface area contributed by atoms with Crippen molar-refractivity contribution < 1.29 is 0 Å². The maximum Gasteiger partial charge on any atom is 0.0662 e. The number of rotatable bonds is 6. The zero-order valence-corrected chi connectivity index (χ0v) is 29.0. The van der Waals surface area contributed by atoms with E-state index in [2.05, 4.69) is 156 Å². The van der Waals surface area contributed by atoms with Crippen LogP contribution in [-0.4, -0.2) is 20.7 Å². The molecule has 0 amide bonds. The fourth-order valence-corrected chi connectivity index (χ4v) is 7.32. The van der Waals surface area contributed by atoms with E-state index in [-0.39, 0.29) is 0 Å². The van der Waals surface area contributed by atoms with Crippen LogP contribution in [0.3, 0.4) is 0 Å². The van der Waals surface area contributed by atoms with Crippen LogP contribution in [0.5, 0.6) is 0 Å². The predicted octanol–water partition coefficient (Wildman–Crippen LogP) is 12.4. The molecule has 0 bridgehead atoms. The van der Waals surface area contributed by atoms with Gasteiger partial charge >= 0.3 is 0 Å². The Balaban J connectivity index is 1.30. The Morgan fingerprint density at radius 3 is 1.48 bits per heavy atom. The SMILES string of the molecule is CC(=Nc1ccccc1C)c1cc(-c2cc(-c3cncc4ccccc34)cc(-c3cncc4ccccc34)c2)ccc1-c1cncc2ccccc12. The van der Waals surface area contributed by atoms with Gasteiger partial charge in [0.2, 0.25) is 0 Å². The van der Waals surface area contributed by atoms with Crippen molar-refractivity contribution >= 4 is 43.7 Å². The fourth-order valence-electron chi connectivity index (χ4n) is 7.32. The number of hydrogen-bond donors (Lipinski definition) is 0. The van der Waals surface area contributed by atoms with Gasteiger partial charge in [0.15, 0.2) is 0 Å². The van der Waals surface area contributed by atoms with Crippen LogP contribution in [0.15, 0.2) is 176 Å². The average Bonchev–Trinajstić information content (AvgIpc) is 3.20. The largest absolute Gasteiger partial charge is 0.263 e. The van der Waals surface area contributed by atoms with Crippen molar-refractivity contribution in [3.05, 3.63) is 182 Å². The average molecular weight is 667 g/mol. The number of fused-ring (bicyclic) bond motifs is 3. The molecular weight excluding hydrogens is 633 g/mol. The molecule has 4 heteroatoms. The van der Waals surface area contributed by atoms with E-state index >= 15 is 0 Å². The van der Waals surface area contributed by atoms with Crippen LogP contribution in [0.25, 0.3) is 76.8 Å². The molecule has 3 heterocycles. The minimum atomic E-state index is 0.937. The van der Waals surface area contributed by atoms with E-state index in [4.69, 9.17) is 4.99 Å². The van der Waals surface area contributed by atoms with Crippen LogP contribution in [0.4, 0.5) is 5.69 Å². The van der Waals surface area contributed by atoms with Crippen molar-refractivity contribution in [3.63, 3.8) is 0 Å². The molecule has 0 unspecified atom stereocenters. The van der Waals surface area contributed by atoms with Crippen molar-refractivity contribution in [1.29, 1.82) is 0 Å². The lowest BCUT2D eigenvalue weighted by molar-refractivity contribution is 1.35. The van der Waals surface area contributed by atoms with Gasteiger partial charge in [-0.15, -0.1) is 0 Å². The van der Waals surface area contributed by atoms with E-state index in [1.807, 2.05) is 43.2 Å². The van der Waals surface area contributed by atoms with E-state index < -0.39 is 0 Å². The first kappa shape index (κ1) is 31.2. The summed E-state index contributed by atoms with van der Waals surface area (Å²) in [5.74, 6) is 0. The summed E-state index contributed by atoms with van der Waals surface area (Å²) in [5, 5.41) is 6.81. The van der Waals surface area contributed by atoms with Crippen LogP contribution < -0.4 is 0 Å². The maximum absolute atomic E-state index is 5.21. The van der Waals surface area contributed by atoms with Crippen LogP contribution in [0, 0.1) is 6.92 Å². The molecule has 9 aromatic rings. The predicted molar refractivity (Wildman–Crippen MR) is 217 cm³/mol. The van der Waals surface area contributed by atoms with E-state index in [1.165, 1.54) is 0 Å². The molecule has 0 aliphatic carbocycles. The Hall–Kier alpha value is -6.78. The molecule has 3 aromatic heterocycles. The molecule has 6 aromatic carbocycles. The Kier molecular flexibility index (Phi) is 7.90. The molecule has 246 valence electrons. The molecule has 9 rings (SSSR count). The number of para-hydroxylation sites is 1. The normalized spacial score (nSPS) is 11.8. The molecule has 0 fully saturated rings. The quantitative estimate of drug-likeness (QED) is 0.166. The monoisotopic (exact) mass is 666 g/mol. The summed E-state index contributed by atoms with van der Waals surface area (Å²) < 4.78 is 0. The van der Waals surface area contributed by atoms with Gasteiger partial charge in [0.1, 0.15) is 0 Å². The summed E-state index contributed by atoms with van der Waals surface area (Å²) in [6.45, 7) is 4.22. The standard InChI is InChI=1S/C48H34N4/c1-31-11-3-10-18-48(31)52-32(2)44-24-33(19-20-43(44)47-30-51-27-36-14-6-9-17-42(36)47)37-21-38(45-28-49-25-34-12-4-7-15-40(34)45)23-39(22-37)46-29-50-26-35-13-5-8-16-41(35)46/h3-30H,1-2H3. The molecule has 4 nitrogen and oxygen atoms in total. The summed E-state index contributed by atoms with van der Waals surface area (Å²) in [4.78, 5) is 19.2. The summed E-state index contributed by atoms with van der Waals surface area (Å²) in [6, 6.07) is 47.2. The van der Waals surface area contributed by atoms with Gasteiger partial charge in [-0.2, -0.15) is 0 Å². The van der Waals surface area contributed by atoms with Crippen molar-refractivity contribution in [2.75, 3.05) is 0 Å². The highest BCUT2D eigenvalue weighted by Gasteiger charge is 2.17. The summed E-state index contributed by atoms with van der Waals surface area (Å²) in [7, 11) is 0. The second-order valence-corrected chi connectivity index (χ2v) is 13.3. The van der Waals surface area contributed by atoms with Crippen molar-refractivity contribution in [1.82, 2.24) is 15.0 Å². The summed E-state index contributed by atoms with van der Waals surface area (Å²) in [6.07, 6.45) is 11.7. The maximum atomic E-state index is 5.21. The van der Waals surface area contributed by atoms with Crippen LogP contribution in [0.2, 0.25) is 0 Å². The molecule has 0 spiro atoms. The first-order valence-electron chi connectivity index (χ1n) is 17.5. The first-order valence-corrected chi connectivity index (χ1v) is 17.5. The number of pyridine rings is 3. The molecule has 0 saturated carbocycles. The molecule has 0 atom stereocenters. The third kappa shape index (κ3) is 5.70. The zero-order valence-electron chi connectivity index (χ0n) is 29.0. The van der Waals surface area contributed by atoms with Gasteiger partial charge in [-0.25, -0.2) is 0 Å². The third-order valence-electron chi connectivity index (χ3n) is 10.00. The van der Waals surface area contributed by atoms with Gasteiger partial charge in [-0.05, 0) is 93.7 Å². The van der Waals surface area contributed by atoms with Crippen molar-refractivity contribution in [3.8, 4) is 44.5 Å². The lowest BCUT2D eigenvalue weighted by Gasteiger charge is -2.17. The molecule has 52 heavy (non-hydrogen) atoms. The Bertz CT molecular complexity index is 2720. The van der Waals surface area contributed by atoms with E-state index in [1.54, 1.807) is 0 Å². The number of aromatic nitrogens is 3. The van der Waals surface area contributed by atoms with E-state index in [9.17, 15) is 0 Å². The van der Waals surface area contributed by atoms with Crippen LogP contribution in [-0.2, 0) is 0 Å². The lowest BCUT2D eigenvalue weighted by Crippen LogP contribution is -2.00. The molecule has 0 aliphatic heterocycles. The van der Waals surface area contributed by atoms with Crippen LogP contribution in [0.1, 0.15) is 18.1 Å². The molecule has 0 aliphatic rings. The van der Waals surface area contributed by atoms with Crippen LogP contribution >= 0.6 is 0 Å². The Morgan fingerprint density at radius 2 is 0.904 bits per heavy atom. The number of benzene rings is 6. The summed E-state index contributed by atoms with van der Waals surface area (Å²) in [5.41, 5.74) is 12.8. The highest BCUT2D eigenvalue weighted by atomic mass is 14.7. The van der Waals surface area contributed by atoms with Gasteiger partial charge in [0, 0.05) is 81.3 Å². The number of aryl methyl sites for hydroxylation is 1. The lowest BCUT2D eigenvalue weighted by atomic mass is 9.88. The van der Waals surface area contributed by atoms with Gasteiger partial charge in [-0.1, -0.05) is 103 Å². The zero-order chi connectivity index (χ0) is 35.0. The second kappa shape index (κ2) is 13.2. The number of hydrogen-bond acceptors (Lipinski definition) is 4. The van der Waals surface area contributed by atoms with Crippen molar-refractivity contribution in [2.24, 2.45) is 4.99 Å². The van der Waals surface area contributed by atoms with Gasteiger partial charge in [0.05, 0.1) is 5.69 Å². The number of aliphatic imine (C=N–C) groups is 1. The van der Waals surface area contributed by atoms with E-state index in [0.717, 1.165) is 99.4 Å². The Morgan fingerprint density at radius 1 is 0.423 bits per heavy atom. The molecule has 0 N–H and O–H groups in total. The fraction of sp³-hybridized carbons (Fsp3) is 0.0417. The third-order valence-corrected chi connectivity index (χ3v) is 10.00. The highest BCUT2D eigenvalue weighted by molar-refractivity contribution is 6.10. The van der Waals surface area contributed by atoms with Crippen molar-refractivity contribution in [2.45, 2.75) is 13.8 Å². The second-order valence-electron chi connectivity index (χ2n) is 13.3. The first-order chi connectivity index (χ1) is 25.6. The van der Waals surface area contributed by atoms with Gasteiger partial charge < -0.3 is 0 Å². The Labute approximate surface area is 302 Å². The highest BCUT2D eigenvalue weighted by Crippen LogP contribution is 2.39. The molecular formula is C48H34N4. The van der Waals surface area contributed by atoms with E-state index in [0.29, 0.717) is 0 Å². The number of nitrogens with zero attached hydrogens (tertiary/aromatic N) is 4. The topological polar surface area (TPSA) is 51.0 Å². The minimum absolute atomic E-state index is 0.937. The minimum Gasteiger partial charge on any atom is -0.263 e. The van der Waals surface area contributed by atoms with Gasteiger partial charge in [-0.3, -0.25) is 19.9 Å². The smallest absolute Gasteiger partial charge is 0.0662 e.